The van der Waals surface area contributed by atoms with Crippen LogP contribution < -0.4 is 0 Å². The van der Waals surface area contributed by atoms with Crippen LogP contribution in [0.5, 0.6) is 0 Å². The molecule has 1 amide bonds. The topological polar surface area (TPSA) is 38.1 Å². The standard InChI is InChI=1S/C19H24FN3O/c1-14-12-21-15(2)23(14)13-16-6-8-22(9-7-16)19(24)11-17-4-3-5-18(20)10-17/h3-5,10,12,16H,6-9,11,13H2,1-2H3. The largest absolute Gasteiger partial charge is 0.342 e. The van der Waals surface area contributed by atoms with Gasteiger partial charge in [0.2, 0.25) is 5.91 Å². The van der Waals surface area contributed by atoms with Gasteiger partial charge in [-0.15, -0.1) is 0 Å². The first-order chi connectivity index (χ1) is 11.5. The normalized spacial score (nSPS) is 15.7. The van der Waals surface area contributed by atoms with Crippen LogP contribution in [0.4, 0.5) is 4.39 Å². The smallest absolute Gasteiger partial charge is 0.226 e. The third-order valence-electron chi connectivity index (χ3n) is 4.91. The predicted octanol–water partition coefficient (Wildman–Crippen LogP) is 3.12. The summed E-state index contributed by atoms with van der Waals surface area (Å²) in [5.74, 6) is 1.44. The SMILES string of the molecule is Cc1cnc(C)n1CC1CCN(C(=O)Cc2cccc(F)c2)CC1. The van der Waals surface area contributed by atoms with Crippen molar-refractivity contribution < 1.29 is 9.18 Å². The summed E-state index contributed by atoms with van der Waals surface area (Å²) in [6.45, 7) is 6.66. The van der Waals surface area contributed by atoms with Crippen molar-refractivity contribution in [1.82, 2.24) is 14.5 Å². The first-order valence-electron chi connectivity index (χ1n) is 8.54. The fourth-order valence-electron chi connectivity index (χ4n) is 3.41. The minimum absolute atomic E-state index is 0.0917. The van der Waals surface area contributed by atoms with Crippen LogP contribution in [-0.2, 0) is 17.8 Å². The summed E-state index contributed by atoms with van der Waals surface area (Å²) in [6, 6.07) is 6.30. The maximum atomic E-state index is 13.2. The summed E-state index contributed by atoms with van der Waals surface area (Å²) in [6.07, 6.45) is 4.20. The third-order valence-corrected chi connectivity index (χ3v) is 4.91. The molecule has 128 valence electrons. The van der Waals surface area contributed by atoms with E-state index in [9.17, 15) is 9.18 Å². The Morgan fingerprint density at radius 3 is 2.67 bits per heavy atom. The van der Waals surface area contributed by atoms with Gasteiger partial charge in [-0.25, -0.2) is 9.37 Å². The molecule has 0 radical (unpaired) electrons. The Bertz CT molecular complexity index is 698. The number of piperidine rings is 1. The van der Waals surface area contributed by atoms with Crippen LogP contribution in [0.2, 0.25) is 0 Å². The highest BCUT2D eigenvalue weighted by Crippen LogP contribution is 2.21. The van der Waals surface area contributed by atoms with Gasteiger partial charge in [-0.05, 0) is 50.3 Å². The van der Waals surface area contributed by atoms with Gasteiger partial charge in [-0.2, -0.15) is 0 Å². The molecule has 1 saturated heterocycles. The van der Waals surface area contributed by atoms with Gasteiger partial charge in [-0.3, -0.25) is 4.79 Å². The van der Waals surface area contributed by atoms with Crippen molar-refractivity contribution in [2.24, 2.45) is 5.92 Å². The van der Waals surface area contributed by atoms with E-state index < -0.39 is 0 Å². The van der Waals surface area contributed by atoms with Crippen molar-refractivity contribution in [2.45, 2.75) is 39.7 Å². The number of imidazole rings is 1. The average Bonchev–Trinajstić information content (AvgIpc) is 2.87. The van der Waals surface area contributed by atoms with E-state index in [4.69, 9.17) is 0 Å². The fourth-order valence-corrected chi connectivity index (χ4v) is 3.41. The first kappa shape index (κ1) is 16.7. The second kappa shape index (κ2) is 7.16. The molecule has 0 saturated carbocycles. The van der Waals surface area contributed by atoms with E-state index in [-0.39, 0.29) is 18.1 Å². The Morgan fingerprint density at radius 2 is 2.04 bits per heavy atom. The zero-order valence-corrected chi connectivity index (χ0v) is 14.3. The molecule has 0 aliphatic carbocycles. The van der Waals surface area contributed by atoms with Crippen molar-refractivity contribution in [3.05, 3.63) is 53.4 Å². The number of amides is 1. The average molecular weight is 329 g/mol. The van der Waals surface area contributed by atoms with Crippen molar-refractivity contribution in [3.8, 4) is 0 Å². The molecule has 24 heavy (non-hydrogen) atoms. The van der Waals surface area contributed by atoms with Crippen LogP contribution in [-0.4, -0.2) is 33.4 Å². The number of halogens is 1. The molecule has 0 atom stereocenters. The molecule has 0 unspecified atom stereocenters. The molecule has 5 heteroatoms. The van der Waals surface area contributed by atoms with Crippen LogP contribution >= 0.6 is 0 Å². The molecule has 1 aromatic carbocycles. The van der Waals surface area contributed by atoms with E-state index in [2.05, 4.69) is 16.5 Å². The van der Waals surface area contributed by atoms with Crippen LogP contribution in [0.15, 0.2) is 30.5 Å². The van der Waals surface area contributed by atoms with Gasteiger partial charge in [0.15, 0.2) is 0 Å². The number of aryl methyl sites for hydroxylation is 2. The van der Waals surface area contributed by atoms with Crippen molar-refractivity contribution >= 4 is 5.91 Å². The first-order valence-corrected chi connectivity index (χ1v) is 8.54. The highest BCUT2D eigenvalue weighted by Gasteiger charge is 2.23. The van der Waals surface area contributed by atoms with Gasteiger partial charge < -0.3 is 9.47 Å². The molecule has 0 spiro atoms. The van der Waals surface area contributed by atoms with Crippen LogP contribution in [0, 0.1) is 25.6 Å². The monoisotopic (exact) mass is 329 g/mol. The number of hydrogen-bond acceptors (Lipinski definition) is 2. The summed E-state index contributed by atoms with van der Waals surface area (Å²) in [5.41, 5.74) is 1.93. The lowest BCUT2D eigenvalue weighted by atomic mass is 9.96. The van der Waals surface area contributed by atoms with Gasteiger partial charge in [0.05, 0.1) is 6.42 Å². The number of carbonyl (C=O) groups is 1. The second-order valence-corrected chi connectivity index (χ2v) is 6.69. The number of rotatable bonds is 4. The summed E-state index contributed by atoms with van der Waals surface area (Å²) in [4.78, 5) is 18.7. The Labute approximate surface area is 142 Å². The minimum atomic E-state index is -0.287. The number of nitrogens with zero attached hydrogens (tertiary/aromatic N) is 3. The molecule has 1 aliphatic rings. The van der Waals surface area contributed by atoms with Gasteiger partial charge in [-0.1, -0.05) is 12.1 Å². The number of carbonyl (C=O) groups excluding carboxylic acids is 1. The van der Waals surface area contributed by atoms with E-state index in [0.29, 0.717) is 5.92 Å². The van der Waals surface area contributed by atoms with Gasteiger partial charge in [0, 0.05) is 31.5 Å². The van der Waals surface area contributed by atoms with E-state index >= 15 is 0 Å². The summed E-state index contributed by atoms with van der Waals surface area (Å²) < 4.78 is 15.5. The zero-order valence-electron chi connectivity index (χ0n) is 14.3. The summed E-state index contributed by atoms with van der Waals surface area (Å²) in [5, 5.41) is 0. The third kappa shape index (κ3) is 3.83. The summed E-state index contributed by atoms with van der Waals surface area (Å²) in [7, 11) is 0. The molecule has 1 aromatic heterocycles. The van der Waals surface area contributed by atoms with E-state index in [1.54, 1.807) is 12.1 Å². The van der Waals surface area contributed by atoms with E-state index in [1.165, 1.54) is 17.8 Å². The molecule has 4 nitrogen and oxygen atoms in total. The molecule has 2 heterocycles. The zero-order chi connectivity index (χ0) is 17.1. The fraction of sp³-hybridized carbons (Fsp3) is 0.474. The van der Waals surface area contributed by atoms with Gasteiger partial charge in [0.1, 0.15) is 11.6 Å². The Balaban J connectivity index is 1.52. The predicted molar refractivity (Wildman–Crippen MR) is 91.1 cm³/mol. The van der Waals surface area contributed by atoms with Crippen molar-refractivity contribution in [2.75, 3.05) is 13.1 Å². The highest BCUT2D eigenvalue weighted by atomic mass is 19.1. The molecular formula is C19H24FN3O. The highest BCUT2D eigenvalue weighted by molar-refractivity contribution is 5.78. The minimum Gasteiger partial charge on any atom is -0.342 e. The molecule has 2 aromatic rings. The van der Waals surface area contributed by atoms with E-state index in [1.807, 2.05) is 18.0 Å². The number of hydrogen-bond donors (Lipinski definition) is 0. The molecule has 0 N–H and O–H groups in total. The van der Waals surface area contributed by atoms with Gasteiger partial charge in [0.25, 0.3) is 0 Å². The summed E-state index contributed by atoms with van der Waals surface area (Å²) >= 11 is 0. The van der Waals surface area contributed by atoms with Crippen molar-refractivity contribution in [3.63, 3.8) is 0 Å². The molecule has 1 fully saturated rings. The Morgan fingerprint density at radius 1 is 1.29 bits per heavy atom. The number of likely N-dealkylation sites (tertiary alicyclic amines) is 1. The second-order valence-electron chi connectivity index (χ2n) is 6.69. The molecule has 3 rings (SSSR count). The quantitative estimate of drug-likeness (QED) is 0.864. The van der Waals surface area contributed by atoms with Crippen LogP contribution in [0.25, 0.3) is 0 Å². The molecular weight excluding hydrogens is 305 g/mol. The van der Waals surface area contributed by atoms with Crippen molar-refractivity contribution in [1.29, 1.82) is 0 Å². The molecule has 0 bridgehead atoms. The van der Waals surface area contributed by atoms with Crippen LogP contribution in [0.1, 0.15) is 29.9 Å². The Kier molecular flexibility index (Phi) is 4.97. The number of aromatic nitrogens is 2. The number of benzene rings is 1. The van der Waals surface area contributed by atoms with Crippen LogP contribution in [0.3, 0.4) is 0 Å². The van der Waals surface area contributed by atoms with Gasteiger partial charge >= 0.3 is 0 Å². The molecule has 1 aliphatic heterocycles. The van der Waals surface area contributed by atoms with E-state index in [0.717, 1.165) is 43.9 Å². The maximum absolute atomic E-state index is 13.2. The lowest BCUT2D eigenvalue weighted by Gasteiger charge is -2.32. The Hall–Kier alpha value is -2.17. The maximum Gasteiger partial charge on any atom is 0.226 e. The lowest BCUT2D eigenvalue weighted by molar-refractivity contribution is -0.131. The lowest BCUT2D eigenvalue weighted by Crippen LogP contribution is -2.40.